The van der Waals surface area contributed by atoms with Crippen molar-refractivity contribution in [1.82, 2.24) is 0 Å². The van der Waals surface area contributed by atoms with Crippen LogP contribution in [-0.4, -0.2) is 24.7 Å². The van der Waals surface area contributed by atoms with Crippen molar-refractivity contribution >= 4 is 34.3 Å². The number of Topliss-reactive ketones (excluding diaryl/α,β-unsaturated/α-hetero) is 2. The number of rotatable bonds is 5. The SMILES string of the molecule is CCN(CC)c1ccc2cc(C=CC3=CC(=C4C(=O)c5ccccc5C4=O)C=C(C(C)(C)C)O3)oc2c1. The minimum absolute atomic E-state index is 0.185. The largest absolute Gasteiger partial charge is 0.461 e. The van der Waals surface area contributed by atoms with Gasteiger partial charge >= 0.3 is 0 Å². The van der Waals surface area contributed by atoms with E-state index in [9.17, 15) is 9.59 Å². The van der Waals surface area contributed by atoms with Crippen molar-refractivity contribution in [2.75, 3.05) is 18.0 Å². The van der Waals surface area contributed by atoms with Crippen LogP contribution >= 0.6 is 0 Å². The van der Waals surface area contributed by atoms with Gasteiger partial charge in [0, 0.05) is 46.8 Å². The van der Waals surface area contributed by atoms with Gasteiger partial charge in [-0.05, 0) is 61.9 Å². The third kappa shape index (κ3) is 4.57. The molecular weight excluding hydrogens is 462 g/mol. The molecule has 37 heavy (non-hydrogen) atoms. The number of furan rings is 1. The van der Waals surface area contributed by atoms with Crippen molar-refractivity contribution < 1.29 is 18.7 Å². The fourth-order valence-electron chi connectivity index (χ4n) is 4.70. The number of allylic oxidation sites excluding steroid dienone is 6. The Morgan fingerprint density at radius 3 is 2.16 bits per heavy atom. The molecule has 1 aromatic heterocycles. The zero-order valence-corrected chi connectivity index (χ0v) is 21.9. The highest BCUT2D eigenvalue weighted by molar-refractivity contribution is 6.40. The normalized spacial score (nSPS) is 15.8. The molecule has 0 unspecified atom stereocenters. The predicted molar refractivity (Wildman–Crippen MR) is 148 cm³/mol. The first kappa shape index (κ1) is 24.6. The second kappa shape index (κ2) is 9.40. The standard InChI is InChI=1S/C32H31NO4/c1-6-33(7-2)22-13-12-20-16-23(36-27(20)19-22)14-15-24-17-21(18-28(37-24)32(3,4)5)29-30(34)25-10-8-9-11-26(25)31(29)35/h8-19H,6-7H2,1-5H3. The number of carbonyl (C=O) groups is 2. The highest BCUT2D eigenvalue weighted by Crippen LogP contribution is 2.37. The molecule has 188 valence electrons. The Hall–Kier alpha value is -4.12. The van der Waals surface area contributed by atoms with E-state index in [2.05, 4.69) is 36.9 Å². The maximum atomic E-state index is 13.2. The minimum atomic E-state index is -0.323. The van der Waals surface area contributed by atoms with Crippen LogP contribution in [0.2, 0.25) is 0 Å². The summed E-state index contributed by atoms with van der Waals surface area (Å²) >= 11 is 0. The molecule has 2 heterocycles. The number of carbonyl (C=O) groups excluding carboxylic acids is 2. The Kier molecular flexibility index (Phi) is 6.24. The molecule has 5 rings (SSSR count). The molecule has 3 aromatic rings. The summed E-state index contributed by atoms with van der Waals surface area (Å²) in [4.78, 5) is 28.6. The summed E-state index contributed by atoms with van der Waals surface area (Å²) in [5.74, 6) is 1.42. The minimum Gasteiger partial charge on any atom is -0.461 e. The van der Waals surface area contributed by atoms with Gasteiger partial charge in [-0.3, -0.25) is 9.59 Å². The van der Waals surface area contributed by atoms with Crippen LogP contribution in [-0.2, 0) is 4.74 Å². The smallest absolute Gasteiger partial charge is 0.198 e. The van der Waals surface area contributed by atoms with Gasteiger partial charge in [0.15, 0.2) is 11.6 Å². The summed E-state index contributed by atoms with van der Waals surface area (Å²) < 4.78 is 12.3. The van der Waals surface area contributed by atoms with Crippen LogP contribution in [0.15, 0.2) is 93.8 Å². The Morgan fingerprint density at radius 2 is 1.54 bits per heavy atom. The quantitative estimate of drug-likeness (QED) is 0.272. The van der Waals surface area contributed by atoms with Crippen LogP contribution in [0.25, 0.3) is 17.0 Å². The lowest BCUT2D eigenvalue weighted by Gasteiger charge is -2.27. The molecule has 0 radical (unpaired) electrons. The molecule has 0 fully saturated rings. The maximum Gasteiger partial charge on any atom is 0.198 e. The van der Waals surface area contributed by atoms with Gasteiger partial charge in [-0.25, -0.2) is 0 Å². The highest BCUT2D eigenvalue weighted by Gasteiger charge is 2.36. The summed E-state index contributed by atoms with van der Waals surface area (Å²) in [5, 5.41) is 1.02. The average molecular weight is 494 g/mol. The summed E-state index contributed by atoms with van der Waals surface area (Å²) in [6.07, 6.45) is 7.23. The van der Waals surface area contributed by atoms with Gasteiger partial charge in [-0.2, -0.15) is 0 Å². The molecule has 0 saturated heterocycles. The zero-order chi connectivity index (χ0) is 26.3. The molecule has 0 spiro atoms. The second-order valence-electron chi connectivity index (χ2n) is 10.3. The first-order valence-corrected chi connectivity index (χ1v) is 12.7. The van der Waals surface area contributed by atoms with Gasteiger partial charge in [0.05, 0.1) is 5.57 Å². The van der Waals surface area contributed by atoms with E-state index < -0.39 is 0 Å². The van der Waals surface area contributed by atoms with Crippen molar-refractivity contribution in [3.05, 3.63) is 106 Å². The van der Waals surface area contributed by atoms with Gasteiger partial charge < -0.3 is 14.1 Å². The van der Waals surface area contributed by atoms with Crippen LogP contribution < -0.4 is 4.90 Å². The first-order valence-electron chi connectivity index (χ1n) is 12.7. The van der Waals surface area contributed by atoms with E-state index >= 15 is 0 Å². The zero-order valence-electron chi connectivity index (χ0n) is 21.9. The third-order valence-electron chi connectivity index (χ3n) is 6.77. The second-order valence-corrected chi connectivity index (χ2v) is 10.3. The molecule has 0 atom stereocenters. The van der Waals surface area contributed by atoms with E-state index in [4.69, 9.17) is 9.15 Å². The molecular formula is C32H31NO4. The van der Waals surface area contributed by atoms with Gasteiger partial charge in [0.25, 0.3) is 0 Å². The molecule has 0 N–H and O–H groups in total. The van der Waals surface area contributed by atoms with E-state index in [0.717, 1.165) is 29.7 Å². The average Bonchev–Trinajstić information content (AvgIpc) is 3.40. The molecule has 1 aliphatic heterocycles. The van der Waals surface area contributed by atoms with Gasteiger partial charge in [-0.1, -0.05) is 45.0 Å². The number of hydrogen-bond donors (Lipinski definition) is 0. The lowest BCUT2D eigenvalue weighted by Crippen LogP contribution is -2.21. The van der Waals surface area contributed by atoms with Crippen molar-refractivity contribution in [3.8, 4) is 0 Å². The van der Waals surface area contributed by atoms with Crippen LogP contribution in [0.3, 0.4) is 0 Å². The van der Waals surface area contributed by atoms with Crippen molar-refractivity contribution in [3.63, 3.8) is 0 Å². The number of fused-ring (bicyclic) bond motifs is 2. The van der Waals surface area contributed by atoms with E-state index in [-0.39, 0.29) is 22.6 Å². The van der Waals surface area contributed by atoms with Gasteiger partial charge in [-0.15, -0.1) is 0 Å². The topological polar surface area (TPSA) is 59.8 Å². The molecule has 5 nitrogen and oxygen atoms in total. The molecule has 0 amide bonds. The number of ketones is 2. The fourth-order valence-corrected chi connectivity index (χ4v) is 4.70. The van der Waals surface area contributed by atoms with Gasteiger partial charge in [0.2, 0.25) is 0 Å². The molecule has 5 heteroatoms. The summed E-state index contributed by atoms with van der Waals surface area (Å²) in [6.45, 7) is 12.2. The summed E-state index contributed by atoms with van der Waals surface area (Å²) in [5.41, 5.74) is 3.27. The van der Waals surface area contributed by atoms with Crippen LogP contribution in [0, 0.1) is 5.41 Å². The molecule has 0 bridgehead atoms. The number of anilines is 1. The Balaban J connectivity index is 1.51. The highest BCUT2D eigenvalue weighted by atomic mass is 16.5. The van der Waals surface area contributed by atoms with Crippen molar-refractivity contribution in [2.45, 2.75) is 34.6 Å². The van der Waals surface area contributed by atoms with E-state index in [1.807, 2.05) is 45.1 Å². The van der Waals surface area contributed by atoms with Gasteiger partial charge in [0.1, 0.15) is 22.9 Å². The Bertz CT molecular complexity index is 1500. The van der Waals surface area contributed by atoms with Crippen LogP contribution in [0.1, 0.15) is 61.1 Å². The van der Waals surface area contributed by atoms with E-state index in [1.54, 1.807) is 30.3 Å². The molecule has 2 aliphatic rings. The lowest BCUT2D eigenvalue weighted by molar-refractivity contribution is 0.0987. The van der Waals surface area contributed by atoms with E-state index in [0.29, 0.717) is 34.0 Å². The van der Waals surface area contributed by atoms with Crippen molar-refractivity contribution in [2.24, 2.45) is 5.41 Å². The fraction of sp³-hybridized carbons (Fsp3) is 0.250. The summed E-state index contributed by atoms with van der Waals surface area (Å²) in [7, 11) is 0. The number of ether oxygens (including phenoxy) is 1. The molecule has 1 aliphatic carbocycles. The Labute approximate surface area is 217 Å². The monoisotopic (exact) mass is 493 g/mol. The summed E-state index contributed by atoms with van der Waals surface area (Å²) in [6, 6.07) is 15.2. The Morgan fingerprint density at radius 1 is 0.865 bits per heavy atom. The van der Waals surface area contributed by atoms with Crippen LogP contribution in [0.5, 0.6) is 0 Å². The first-order chi connectivity index (χ1) is 17.7. The molecule has 2 aromatic carbocycles. The third-order valence-corrected chi connectivity index (χ3v) is 6.77. The molecule has 0 saturated carbocycles. The predicted octanol–water partition coefficient (Wildman–Crippen LogP) is 7.51. The van der Waals surface area contributed by atoms with Crippen LogP contribution in [0.4, 0.5) is 5.69 Å². The van der Waals surface area contributed by atoms with Crippen molar-refractivity contribution in [1.29, 1.82) is 0 Å². The maximum absolute atomic E-state index is 13.2. The lowest BCUT2D eigenvalue weighted by atomic mass is 9.89. The number of benzene rings is 2. The number of nitrogens with zero attached hydrogens (tertiary/aromatic N) is 1. The van der Waals surface area contributed by atoms with E-state index in [1.165, 1.54) is 0 Å². The number of hydrogen-bond acceptors (Lipinski definition) is 5.